The van der Waals surface area contributed by atoms with Crippen molar-refractivity contribution in [1.29, 1.82) is 0 Å². The van der Waals surface area contributed by atoms with Gasteiger partial charge in [-0.25, -0.2) is 18.2 Å². The molecule has 7 heterocycles. The number of phenols is 1. The SMILES string of the molecule is C#Cc1c(F)ccc2cc(O)cc(-c3nc(-c4ccccn4)c4c(N5C[C@H]6CC[C@@H](C5)N6)nc(OC[C@@]56CCCN5C[C@H](F)C6)nc4c3F)c12. The molecule has 0 saturated carbocycles. The molecule has 0 spiro atoms. The highest BCUT2D eigenvalue weighted by molar-refractivity contribution is 6.06. The van der Waals surface area contributed by atoms with Crippen LogP contribution in [0.25, 0.3) is 44.3 Å². The zero-order valence-electron chi connectivity index (χ0n) is 27.2. The fourth-order valence-electron chi connectivity index (χ4n) is 8.66. The first-order valence-electron chi connectivity index (χ1n) is 17.1. The van der Waals surface area contributed by atoms with Gasteiger partial charge in [-0.15, -0.1) is 6.42 Å². The van der Waals surface area contributed by atoms with Crippen molar-refractivity contribution in [2.75, 3.05) is 37.7 Å². The summed E-state index contributed by atoms with van der Waals surface area (Å²) in [5, 5.41) is 15.4. The lowest BCUT2D eigenvalue weighted by molar-refractivity contribution is 0.107. The molecule has 4 saturated heterocycles. The average Bonchev–Trinajstić information content (AvgIpc) is 3.77. The molecule has 4 aliphatic rings. The van der Waals surface area contributed by atoms with Crippen LogP contribution in [0.1, 0.15) is 37.7 Å². The molecule has 0 aliphatic carbocycles. The molecule has 0 amide bonds. The average molecular weight is 678 g/mol. The second-order valence-corrected chi connectivity index (χ2v) is 14.0. The van der Waals surface area contributed by atoms with Gasteiger partial charge in [-0.3, -0.25) is 9.88 Å². The number of hydrogen-bond donors (Lipinski definition) is 2. The van der Waals surface area contributed by atoms with Crippen LogP contribution in [0.2, 0.25) is 0 Å². The lowest BCUT2D eigenvalue weighted by Crippen LogP contribution is -2.51. The molecule has 0 unspecified atom stereocenters. The number of terminal acetylenes is 1. The fourth-order valence-corrected chi connectivity index (χ4v) is 8.66. The highest BCUT2D eigenvalue weighted by atomic mass is 19.1. The molecule has 4 atom stereocenters. The van der Waals surface area contributed by atoms with Gasteiger partial charge in [0.25, 0.3) is 0 Å². The lowest BCUT2D eigenvalue weighted by Gasteiger charge is -2.35. The topological polar surface area (TPSA) is 99.5 Å². The number of hydrogen-bond acceptors (Lipinski definition) is 9. The molecule has 50 heavy (non-hydrogen) atoms. The normalized spacial score (nSPS) is 24.6. The van der Waals surface area contributed by atoms with Gasteiger partial charge in [0.15, 0.2) is 5.82 Å². The standard InChI is InChI=1S/C38H34F3N7O2/c1-2-26-28(40)10-7-21-14-25(49)15-27(30(21)26)33-32(41)35-31(34(44-33)29-6-3-4-12-42-29)36(47-18-23-8-9-24(19-47)43-23)46-37(45-35)50-20-38-11-5-13-48(38)17-22(39)16-38/h1,3-4,6-7,10,12,14-15,22-24,43,49H,5,8-9,11,13,16-20H2/t22-,23-,24+,38+/m1/s1. The number of nitrogens with zero attached hydrogens (tertiary/aromatic N) is 6. The van der Waals surface area contributed by atoms with Gasteiger partial charge in [0.2, 0.25) is 0 Å². The van der Waals surface area contributed by atoms with Gasteiger partial charge in [0, 0.05) is 55.3 Å². The zero-order chi connectivity index (χ0) is 34.1. The number of aromatic nitrogens is 4. The maximum Gasteiger partial charge on any atom is 0.319 e. The summed E-state index contributed by atoms with van der Waals surface area (Å²) in [6.45, 7) is 2.60. The van der Waals surface area contributed by atoms with E-state index in [0.29, 0.717) is 54.0 Å². The summed E-state index contributed by atoms with van der Waals surface area (Å²) in [5.74, 6) is 1.23. The van der Waals surface area contributed by atoms with E-state index in [1.54, 1.807) is 18.3 Å². The number of pyridine rings is 2. The molecule has 9 rings (SSSR count). The Bertz CT molecular complexity index is 2200. The van der Waals surface area contributed by atoms with Gasteiger partial charge >= 0.3 is 6.01 Å². The molecule has 2 aromatic carbocycles. The number of benzene rings is 2. The maximum absolute atomic E-state index is 17.4. The van der Waals surface area contributed by atoms with Gasteiger partial charge < -0.3 is 20.1 Å². The smallest absolute Gasteiger partial charge is 0.319 e. The first-order chi connectivity index (χ1) is 24.3. The van der Waals surface area contributed by atoms with E-state index in [-0.39, 0.29) is 58.2 Å². The Morgan fingerprint density at radius 2 is 1.86 bits per heavy atom. The van der Waals surface area contributed by atoms with Gasteiger partial charge in [0.05, 0.1) is 22.2 Å². The molecular weight excluding hydrogens is 643 g/mol. The monoisotopic (exact) mass is 677 g/mol. The summed E-state index contributed by atoms with van der Waals surface area (Å²) in [6, 6.07) is 11.3. The van der Waals surface area contributed by atoms with Crippen molar-refractivity contribution in [3.8, 4) is 46.7 Å². The number of aromatic hydroxyl groups is 1. The summed E-state index contributed by atoms with van der Waals surface area (Å²) in [7, 11) is 0. The summed E-state index contributed by atoms with van der Waals surface area (Å²) < 4.78 is 53.5. The number of phenolic OH excluding ortho intramolecular Hbond substituents is 1. The van der Waals surface area contributed by atoms with E-state index in [9.17, 15) is 9.50 Å². The Hall–Kier alpha value is -4.99. The van der Waals surface area contributed by atoms with Crippen molar-refractivity contribution in [2.24, 2.45) is 0 Å². The Morgan fingerprint density at radius 3 is 2.64 bits per heavy atom. The van der Waals surface area contributed by atoms with Crippen LogP contribution < -0.4 is 15.0 Å². The van der Waals surface area contributed by atoms with E-state index in [1.165, 1.54) is 24.3 Å². The fraction of sp³-hybridized carbons (Fsp3) is 0.368. The van der Waals surface area contributed by atoms with Crippen molar-refractivity contribution in [2.45, 2.75) is 55.9 Å². The van der Waals surface area contributed by atoms with Crippen LogP contribution in [0.5, 0.6) is 11.8 Å². The number of nitrogens with one attached hydrogen (secondary N) is 1. The van der Waals surface area contributed by atoms with Crippen LogP contribution in [0.4, 0.5) is 19.0 Å². The number of piperazine rings is 1. The van der Waals surface area contributed by atoms with E-state index in [2.05, 4.69) is 26.0 Å². The molecule has 3 aromatic heterocycles. The zero-order valence-corrected chi connectivity index (χ0v) is 27.2. The summed E-state index contributed by atoms with van der Waals surface area (Å²) in [6.07, 6.45) is 10.6. The lowest BCUT2D eigenvalue weighted by atomic mass is 9.95. The number of anilines is 1. The number of halogens is 3. The minimum Gasteiger partial charge on any atom is -0.508 e. The van der Waals surface area contributed by atoms with E-state index >= 15 is 8.78 Å². The Kier molecular flexibility index (Phi) is 7.33. The molecule has 5 aromatic rings. The number of ether oxygens (including phenoxy) is 1. The Labute approximate surface area is 286 Å². The van der Waals surface area contributed by atoms with Gasteiger partial charge in [-0.2, -0.15) is 9.97 Å². The van der Waals surface area contributed by atoms with Gasteiger partial charge in [0.1, 0.15) is 47.1 Å². The minimum absolute atomic E-state index is 0.0268. The molecule has 12 heteroatoms. The van der Waals surface area contributed by atoms with Crippen LogP contribution in [0.15, 0.2) is 48.7 Å². The quantitative estimate of drug-likeness (QED) is 0.217. The van der Waals surface area contributed by atoms with Crippen LogP contribution in [-0.2, 0) is 0 Å². The summed E-state index contributed by atoms with van der Waals surface area (Å²) >= 11 is 0. The van der Waals surface area contributed by atoms with Crippen molar-refractivity contribution in [3.63, 3.8) is 0 Å². The first-order valence-corrected chi connectivity index (χ1v) is 17.1. The predicted molar refractivity (Wildman–Crippen MR) is 184 cm³/mol. The van der Waals surface area contributed by atoms with Crippen LogP contribution in [0.3, 0.4) is 0 Å². The third-order valence-electron chi connectivity index (χ3n) is 10.9. The second kappa shape index (κ2) is 11.8. The molecule has 9 nitrogen and oxygen atoms in total. The maximum atomic E-state index is 17.4. The number of rotatable bonds is 6. The van der Waals surface area contributed by atoms with Crippen LogP contribution in [-0.4, -0.2) is 86.5 Å². The van der Waals surface area contributed by atoms with Gasteiger partial charge in [-0.05, 0) is 67.9 Å². The van der Waals surface area contributed by atoms with Crippen molar-refractivity contribution < 1.29 is 23.0 Å². The van der Waals surface area contributed by atoms with Crippen molar-refractivity contribution in [3.05, 3.63) is 65.9 Å². The largest absolute Gasteiger partial charge is 0.508 e. The van der Waals surface area contributed by atoms with Crippen LogP contribution in [0, 0.1) is 24.0 Å². The number of alkyl halides is 1. The predicted octanol–water partition coefficient (Wildman–Crippen LogP) is 5.77. The molecule has 4 fully saturated rings. The molecule has 2 bridgehead atoms. The third-order valence-corrected chi connectivity index (χ3v) is 10.9. The minimum atomic E-state index is -0.940. The van der Waals surface area contributed by atoms with E-state index < -0.39 is 23.3 Å². The highest BCUT2D eigenvalue weighted by Crippen LogP contribution is 2.44. The van der Waals surface area contributed by atoms with Crippen LogP contribution >= 0.6 is 0 Å². The Balaban J connectivity index is 1.30. The third kappa shape index (κ3) is 5.02. The summed E-state index contributed by atoms with van der Waals surface area (Å²) in [4.78, 5) is 23.4. The van der Waals surface area contributed by atoms with Gasteiger partial charge in [-0.1, -0.05) is 18.1 Å². The van der Waals surface area contributed by atoms with Crippen molar-refractivity contribution in [1.82, 2.24) is 30.2 Å². The van der Waals surface area contributed by atoms with Crippen molar-refractivity contribution >= 4 is 27.5 Å². The molecule has 0 radical (unpaired) electrons. The first kappa shape index (κ1) is 31.0. The Morgan fingerprint density at radius 1 is 1.02 bits per heavy atom. The number of fused-ring (bicyclic) bond motifs is 5. The van der Waals surface area contributed by atoms with E-state index in [4.69, 9.17) is 26.1 Å². The molecule has 4 aliphatic heterocycles. The van der Waals surface area contributed by atoms with E-state index in [0.717, 1.165) is 32.2 Å². The summed E-state index contributed by atoms with van der Waals surface area (Å²) in [5.41, 5.74) is 0.0710. The molecule has 254 valence electrons. The molecule has 2 N–H and O–H groups in total. The molecular formula is C38H34F3N7O2. The second-order valence-electron chi connectivity index (χ2n) is 14.0. The highest BCUT2D eigenvalue weighted by Gasteiger charge is 2.49. The van der Waals surface area contributed by atoms with E-state index in [1.807, 2.05) is 6.07 Å².